The molecule has 10 heteroatoms. The van der Waals surface area contributed by atoms with Crippen molar-refractivity contribution in [3.05, 3.63) is 70.3 Å². The van der Waals surface area contributed by atoms with Crippen molar-refractivity contribution in [3.63, 3.8) is 0 Å². The van der Waals surface area contributed by atoms with Crippen LogP contribution in [0.25, 0.3) is 28.0 Å². The standard InChI is InChI=1S/C29H29FN4O5/c1-38-17-20-5-4-12-33(20)29-31-23-8-7-19(14-27(23)39-29)34-16-21(28(36)37)26(35)15-25(34)18-6-9-24(22(30)13-18)32-10-2-3-11-32/h6-9,13-16,20H,2-5,10-12,17H2,1H3,(H,36,37)/t20-/m1/s1. The molecule has 4 aromatic rings. The second-order valence-corrected chi connectivity index (χ2v) is 10.1. The van der Waals surface area contributed by atoms with Crippen molar-refractivity contribution < 1.29 is 23.4 Å². The molecule has 2 fully saturated rings. The fourth-order valence-corrected chi connectivity index (χ4v) is 5.64. The van der Waals surface area contributed by atoms with Crippen LogP contribution in [0.3, 0.4) is 0 Å². The maximum Gasteiger partial charge on any atom is 0.341 e. The molecule has 0 amide bonds. The van der Waals surface area contributed by atoms with Crippen LogP contribution < -0.4 is 15.2 Å². The highest BCUT2D eigenvalue weighted by Crippen LogP contribution is 2.32. The molecule has 2 aliphatic rings. The molecule has 0 spiro atoms. The van der Waals surface area contributed by atoms with Crippen LogP contribution in [0.1, 0.15) is 36.0 Å². The Kier molecular flexibility index (Phi) is 6.56. The Morgan fingerprint density at radius 3 is 2.69 bits per heavy atom. The SMILES string of the molecule is COC[C@H]1CCCN1c1nc2ccc(-n3cc(C(=O)O)c(=O)cc3-c3ccc(N4CCCC4)c(F)c3)cc2o1. The summed E-state index contributed by atoms with van der Waals surface area (Å²) in [5.41, 5.74) is 2.04. The maximum absolute atomic E-state index is 15.2. The van der Waals surface area contributed by atoms with E-state index >= 15 is 4.39 Å². The number of carboxylic acid groups (broad SMARTS) is 1. The van der Waals surface area contributed by atoms with Gasteiger partial charge < -0.3 is 28.6 Å². The lowest BCUT2D eigenvalue weighted by Gasteiger charge is -2.21. The van der Waals surface area contributed by atoms with E-state index in [4.69, 9.17) is 9.15 Å². The van der Waals surface area contributed by atoms with Crippen molar-refractivity contribution in [1.82, 2.24) is 9.55 Å². The Hall–Kier alpha value is -4.18. The number of pyridine rings is 1. The first-order chi connectivity index (χ1) is 18.9. The number of hydrogen-bond donors (Lipinski definition) is 1. The molecule has 2 saturated heterocycles. The van der Waals surface area contributed by atoms with Gasteiger partial charge in [-0.15, -0.1) is 0 Å². The Morgan fingerprint density at radius 1 is 1.13 bits per heavy atom. The molecule has 202 valence electrons. The van der Waals surface area contributed by atoms with E-state index in [1.165, 1.54) is 18.3 Å². The van der Waals surface area contributed by atoms with E-state index < -0.39 is 11.4 Å². The normalized spacial score (nSPS) is 17.4. The van der Waals surface area contributed by atoms with Crippen LogP contribution >= 0.6 is 0 Å². The lowest BCUT2D eigenvalue weighted by atomic mass is 10.1. The molecule has 1 N–H and O–H groups in total. The molecular weight excluding hydrogens is 503 g/mol. The summed E-state index contributed by atoms with van der Waals surface area (Å²) < 4.78 is 28.3. The number of ether oxygens (including phenoxy) is 1. The third-order valence-electron chi connectivity index (χ3n) is 7.59. The lowest BCUT2D eigenvalue weighted by molar-refractivity contribution is 0.0695. The summed E-state index contributed by atoms with van der Waals surface area (Å²) >= 11 is 0. The molecule has 39 heavy (non-hydrogen) atoms. The highest BCUT2D eigenvalue weighted by atomic mass is 19.1. The van der Waals surface area contributed by atoms with Gasteiger partial charge in [0.05, 0.1) is 24.0 Å². The van der Waals surface area contributed by atoms with Crippen molar-refractivity contribution in [2.24, 2.45) is 0 Å². The number of rotatable bonds is 7. The summed E-state index contributed by atoms with van der Waals surface area (Å²) in [6, 6.07) is 12.1. The number of benzene rings is 2. The molecular formula is C29H29FN4O5. The second kappa shape index (κ2) is 10.2. The fourth-order valence-electron chi connectivity index (χ4n) is 5.64. The van der Waals surface area contributed by atoms with Crippen molar-refractivity contribution >= 4 is 28.8 Å². The van der Waals surface area contributed by atoms with Gasteiger partial charge in [0.2, 0.25) is 0 Å². The van der Waals surface area contributed by atoms with Gasteiger partial charge in [0.1, 0.15) is 16.9 Å². The molecule has 2 aromatic heterocycles. The van der Waals surface area contributed by atoms with Crippen LogP contribution in [0, 0.1) is 5.82 Å². The number of fused-ring (bicyclic) bond motifs is 1. The smallest absolute Gasteiger partial charge is 0.341 e. The van der Waals surface area contributed by atoms with Crippen molar-refractivity contribution in [2.75, 3.05) is 43.2 Å². The molecule has 2 aromatic carbocycles. The van der Waals surface area contributed by atoms with E-state index in [2.05, 4.69) is 9.88 Å². The van der Waals surface area contributed by atoms with Crippen LogP contribution in [0.5, 0.6) is 0 Å². The van der Waals surface area contributed by atoms with Crippen LogP contribution in [-0.2, 0) is 4.74 Å². The summed E-state index contributed by atoms with van der Waals surface area (Å²) in [7, 11) is 1.67. The van der Waals surface area contributed by atoms with Gasteiger partial charge in [0.25, 0.3) is 6.01 Å². The lowest BCUT2D eigenvalue weighted by Crippen LogP contribution is -2.32. The molecule has 0 unspecified atom stereocenters. The first kappa shape index (κ1) is 25.1. The minimum absolute atomic E-state index is 0.185. The molecule has 0 aliphatic carbocycles. The first-order valence-corrected chi connectivity index (χ1v) is 13.1. The molecule has 6 rings (SSSR count). The van der Waals surface area contributed by atoms with Crippen LogP contribution in [0.15, 0.2) is 57.9 Å². The monoisotopic (exact) mass is 532 g/mol. The molecule has 0 bridgehead atoms. The van der Waals surface area contributed by atoms with Gasteiger partial charge >= 0.3 is 5.97 Å². The van der Waals surface area contributed by atoms with E-state index in [0.29, 0.717) is 46.4 Å². The van der Waals surface area contributed by atoms with Gasteiger partial charge in [-0.25, -0.2) is 9.18 Å². The van der Waals surface area contributed by atoms with Gasteiger partial charge in [-0.3, -0.25) is 4.79 Å². The molecule has 0 saturated carbocycles. The van der Waals surface area contributed by atoms with E-state index in [-0.39, 0.29) is 17.4 Å². The van der Waals surface area contributed by atoms with E-state index in [1.54, 1.807) is 42.0 Å². The van der Waals surface area contributed by atoms with Crippen LogP contribution in [0.4, 0.5) is 16.1 Å². The number of carbonyl (C=O) groups is 1. The Bertz CT molecular complexity index is 1610. The number of hydrogen-bond acceptors (Lipinski definition) is 7. The Morgan fingerprint density at radius 2 is 1.95 bits per heavy atom. The van der Waals surface area contributed by atoms with Crippen molar-refractivity contribution in [1.29, 1.82) is 0 Å². The third-order valence-corrected chi connectivity index (χ3v) is 7.59. The number of aromatic nitrogens is 2. The van der Waals surface area contributed by atoms with E-state index in [9.17, 15) is 14.7 Å². The predicted octanol–water partition coefficient (Wildman–Crippen LogP) is 4.70. The predicted molar refractivity (Wildman–Crippen MR) is 146 cm³/mol. The Labute approximate surface area is 224 Å². The zero-order valence-corrected chi connectivity index (χ0v) is 21.6. The largest absolute Gasteiger partial charge is 0.477 e. The van der Waals surface area contributed by atoms with E-state index in [0.717, 1.165) is 45.3 Å². The zero-order chi connectivity index (χ0) is 27.1. The molecule has 4 heterocycles. The van der Waals surface area contributed by atoms with Gasteiger partial charge in [0, 0.05) is 56.3 Å². The van der Waals surface area contributed by atoms with Gasteiger partial charge in [-0.05, 0) is 49.9 Å². The van der Waals surface area contributed by atoms with E-state index in [1.807, 2.05) is 4.90 Å². The Balaban J connectivity index is 1.43. The van der Waals surface area contributed by atoms with Crippen molar-refractivity contribution in [3.8, 4) is 16.9 Å². The summed E-state index contributed by atoms with van der Waals surface area (Å²) in [6.45, 7) is 3.00. The number of anilines is 2. The third kappa shape index (κ3) is 4.65. The first-order valence-electron chi connectivity index (χ1n) is 13.1. The topological polar surface area (TPSA) is 101 Å². The molecule has 0 radical (unpaired) electrons. The average molecular weight is 533 g/mol. The summed E-state index contributed by atoms with van der Waals surface area (Å²) in [6.07, 6.45) is 5.33. The number of nitrogens with zero attached hydrogens (tertiary/aromatic N) is 4. The number of halogens is 1. The summed E-state index contributed by atoms with van der Waals surface area (Å²) in [4.78, 5) is 33.3. The van der Waals surface area contributed by atoms with Gasteiger partial charge in [-0.1, -0.05) is 6.07 Å². The highest BCUT2D eigenvalue weighted by molar-refractivity contribution is 5.88. The van der Waals surface area contributed by atoms with Gasteiger partial charge in [0.15, 0.2) is 11.0 Å². The number of oxazole rings is 1. The fraction of sp³-hybridized carbons (Fsp3) is 0.345. The number of methoxy groups -OCH3 is 1. The summed E-state index contributed by atoms with van der Waals surface area (Å²) in [5.74, 6) is -1.72. The quantitative estimate of drug-likeness (QED) is 0.366. The minimum Gasteiger partial charge on any atom is -0.477 e. The zero-order valence-electron chi connectivity index (χ0n) is 21.6. The van der Waals surface area contributed by atoms with Crippen molar-refractivity contribution in [2.45, 2.75) is 31.7 Å². The van der Waals surface area contributed by atoms with Crippen LogP contribution in [0.2, 0.25) is 0 Å². The molecule has 2 aliphatic heterocycles. The molecule has 1 atom stereocenters. The highest BCUT2D eigenvalue weighted by Gasteiger charge is 2.28. The van der Waals surface area contributed by atoms with Gasteiger partial charge in [-0.2, -0.15) is 4.98 Å². The number of carboxylic acids is 1. The average Bonchev–Trinajstić information content (AvgIpc) is 3.69. The maximum atomic E-state index is 15.2. The number of aromatic carboxylic acids is 1. The minimum atomic E-state index is -1.34. The molecule has 9 nitrogen and oxygen atoms in total. The second-order valence-electron chi connectivity index (χ2n) is 10.1. The summed E-state index contributed by atoms with van der Waals surface area (Å²) in [5, 5.41) is 9.64. The van der Waals surface area contributed by atoms with Crippen LogP contribution in [-0.4, -0.2) is 60.0 Å².